The molecular weight excluding hydrogens is 832 g/mol. The van der Waals surface area contributed by atoms with Gasteiger partial charge in [0.05, 0.1) is 0 Å². The van der Waals surface area contributed by atoms with Crippen molar-refractivity contribution in [1.82, 2.24) is 0 Å². The minimum atomic E-state index is -0.877. The van der Waals surface area contributed by atoms with Crippen molar-refractivity contribution in [2.75, 3.05) is 52.9 Å². The predicted octanol–water partition coefficient (Wildman–Crippen LogP) is 7.21. The first-order valence-electron chi connectivity index (χ1n) is 21.3. The van der Waals surface area contributed by atoms with E-state index in [1.807, 2.05) is 0 Å². The quantitative estimate of drug-likeness (QED) is 0.131. The molecule has 0 atom stereocenters. The first-order valence-corrected chi connectivity index (χ1v) is 24.3. The number of benzene rings is 6. The zero-order valence-corrected chi connectivity index (χ0v) is 40.5. The van der Waals surface area contributed by atoms with E-state index in [-0.39, 0.29) is 45.5 Å². The molecule has 4 nitrogen and oxygen atoms in total. The van der Waals surface area contributed by atoms with Crippen LogP contribution in [0.2, 0.25) is 0 Å². The van der Waals surface area contributed by atoms with Crippen LogP contribution >= 0.6 is 0 Å². The summed E-state index contributed by atoms with van der Waals surface area (Å²) in [5, 5.41) is 8.61. The van der Waals surface area contributed by atoms with Crippen molar-refractivity contribution in [3.8, 4) is 0 Å². The zero-order chi connectivity index (χ0) is 40.0. The van der Waals surface area contributed by atoms with Gasteiger partial charge < -0.3 is 18.9 Å². The standard InChI is InChI=1S/2C18H15Si.4C4H8O.Sr/c2*1-4-10-16(11-5-1)19(17-12-6-2-7-13-17)18-14-8-3-9-15-18;4*1-2-4-5-3-1;/h2*1-15H;4*1-4H2;/q2*-1;;;;;+2. The number of hydrogen-bond donors (Lipinski definition) is 0. The maximum atomic E-state index is 4.94. The van der Waals surface area contributed by atoms with E-state index in [1.54, 1.807) is 0 Å². The van der Waals surface area contributed by atoms with E-state index >= 15 is 0 Å². The Balaban J connectivity index is 0.000000176. The van der Waals surface area contributed by atoms with Crippen molar-refractivity contribution in [2.45, 2.75) is 51.4 Å². The fourth-order valence-corrected chi connectivity index (χ4v) is 11.8. The molecule has 4 saturated heterocycles. The van der Waals surface area contributed by atoms with Gasteiger partial charge in [0.25, 0.3) is 0 Å². The van der Waals surface area contributed by atoms with Gasteiger partial charge in [-0.3, -0.25) is 0 Å². The molecule has 6 aromatic carbocycles. The van der Waals surface area contributed by atoms with E-state index < -0.39 is 17.6 Å². The van der Waals surface area contributed by atoms with Crippen LogP contribution in [0.15, 0.2) is 182 Å². The van der Waals surface area contributed by atoms with Gasteiger partial charge in [0.2, 0.25) is 0 Å². The molecule has 4 heterocycles. The summed E-state index contributed by atoms with van der Waals surface area (Å²) in [7, 11) is -1.75. The average molecular weight is 895 g/mol. The van der Waals surface area contributed by atoms with E-state index in [4.69, 9.17) is 18.9 Å². The molecule has 4 aliphatic heterocycles. The van der Waals surface area contributed by atoms with E-state index in [0.29, 0.717) is 0 Å². The molecule has 0 aliphatic carbocycles. The molecule has 10 rings (SSSR count). The molecule has 0 radical (unpaired) electrons. The Bertz CT molecular complexity index is 1450. The maximum Gasteiger partial charge on any atom is 2.00 e. The average Bonchev–Trinajstić information content (AvgIpc) is 4.18. The van der Waals surface area contributed by atoms with Crippen LogP contribution in [0.5, 0.6) is 0 Å². The first-order chi connectivity index (χ1) is 28.9. The molecule has 0 spiro atoms. The Morgan fingerprint density at radius 1 is 0.220 bits per heavy atom. The Morgan fingerprint density at radius 3 is 0.458 bits per heavy atom. The Morgan fingerprint density at radius 2 is 0.356 bits per heavy atom. The summed E-state index contributed by atoms with van der Waals surface area (Å²) in [5.74, 6) is 0. The third kappa shape index (κ3) is 19.6. The summed E-state index contributed by atoms with van der Waals surface area (Å²) in [6.07, 6.45) is 10.2. The van der Waals surface area contributed by atoms with Gasteiger partial charge >= 0.3 is 45.5 Å². The molecular formula is C52H62O4Si2Sr. The van der Waals surface area contributed by atoms with Gasteiger partial charge in [-0.15, -0.1) is 0 Å². The molecule has 0 bridgehead atoms. The monoisotopic (exact) mass is 894 g/mol. The van der Waals surface area contributed by atoms with Crippen LogP contribution in [0, 0.1) is 0 Å². The Kier molecular flexibility index (Phi) is 26.3. The maximum absolute atomic E-state index is 4.94. The van der Waals surface area contributed by atoms with Gasteiger partial charge in [-0.05, 0) is 51.4 Å². The van der Waals surface area contributed by atoms with Crippen LogP contribution in [0.1, 0.15) is 51.4 Å². The van der Waals surface area contributed by atoms with E-state index in [1.165, 1.54) is 82.5 Å². The topological polar surface area (TPSA) is 36.9 Å². The summed E-state index contributed by atoms with van der Waals surface area (Å²) < 4.78 is 19.8. The molecule has 0 N–H and O–H groups in total. The number of hydrogen-bond acceptors (Lipinski definition) is 4. The van der Waals surface area contributed by atoms with Crippen LogP contribution in [0.25, 0.3) is 0 Å². The molecule has 7 heteroatoms. The normalized spacial score (nSPS) is 14.6. The van der Waals surface area contributed by atoms with Crippen LogP contribution in [-0.2, 0) is 18.9 Å². The van der Waals surface area contributed by atoms with Crippen LogP contribution in [-0.4, -0.2) is 116 Å². The van der Waals surface area contributed by atoms with Crippen molar-refractivity contribution >= 4 is 94.2 Å². The van der Waals surface area contributed by atoms with Crippen LogP contribution < -0.4 is 31.1 Å². The smallest absolute Gasteiger partial charge is 0.381 e. The summed E-state index contributed by atoms with van der Waals surface area (Å²) >= 11 is 0. The van der Waals surface area contributed by atoms with Gasteiger partial charge in [0.15, 0.2) is 0 Å². The Labute approximate surface area is 395 Å². The second-order valence-corrected chi connectivity index (χ2v) is 19.2. The molecule has 0 aromatic heterocycles. The molecule has 0 saturated carbocycles. The summed E-state index contributed by atoms with van der Waals surface area (Å²) in [6.45, 7) is 8.00. The number of ether oxygens (including phenoxy) is 4. The molecule has 4 fully saturated rings. The van der Waals surface area contributed by atoms with Crippen molar-refractivity contribution in [1.29, 1.82) is 0 Å². The molecule has 59 heavy (non-hydrogen) atoms. The fourth-order valence-electron chi connectivity index (χ4n) is 6.67. The predicted molar refractivity (Wildman–Crippen MR) is 254 cm³/mol. The van der Waals surface area contributed by atoms with Gasteiger partial charge in [-0.25, -0.2) is 17.6 Å². The van der Waals surface area contributed by atoms with Crippen molar-refractivity contribution in [3.63, 3.8) is 0 Å². The Hall–Kier alpha value is -2.93. The minimum Gasteiger partial charge on any atom is -0.381 e. The summed E-state index contributed by atoms with van der Waals surface area (Å²) in [4.78, 5) is 0. The van der Waals surface area contributed by atoms with E-state index in [9.17, 15) is 0 Å². The van der Waals surface area contributed by atoms with Gasteiger partial charge in [0, 0.05) is 52.9 Å². The SMILES string of the molecule is C1CCOC1.C1CCOC1.C1CCOC1.C1CCOC1.[Sr+2].c1ccc([Si-](c2ccccc2)c2ccccc2)cc1.c1ccc([Si-](c2ccccc2)c2ccccc2)cc1. The van der Waals surface area contributed by atoms with Crippen LogP contribution in [0.3, 0.4) is 0 Å². The first kappa shape index (κ1) is 48.7. The molecule has 304 valence electrons. The second-order valence-electron chi connectivity index (χ2n) is 14.2. The van der Waals surface area contributed by atoms with Crippen LogP contribution in [0.4, 0.5) is 0 Å². The molecule has 0 amide bonds. The van der Waals surface area contributed by atoms with Gasteiger partial charge in [0.1, 0.15) is 0 Å². The van der Waals surface area contributed by atoms with Gasteiger partial charge in [-0.2, -0.15) is 31.1 Å². The van der Waals surface area contributed by atoms with E-state index in [0.717, 1.165) is 52.9 Å². The molecule has 6 aromatic rings. The minimum absolute atomic E-state index is 0. The largest absolute Gasteiger partial charge is 2.00 e. The number of rotatable bonds is 6. The zero-order valence-electron chi connectivity index (χ0n) is 35.0. The van der Waals surface area contributed by atoms with E-state index in [2.05, 4.69) is 182 Å². The molecule has 4 aliphatic rings. The third-order valence-corrected chi connectivity index (χ3v) is 15.1. The third-order valence-electron chi connectivity index (χ3n) is 9.68. The summed E-state index contributed by atoms with van der Waals surface area (Å²) in [6, 6.07) is 65.0. The van der Waals surface area contributed by atoms with Gasteiger partial charge in [-0.1, -0.05) is 182 Å². The summed E-state index contributed by atoms with van der Waals surface area (Å²) in [5.41, 5.74) is 0. The molecule has 0 unspecified atom stereocenters. The van der Waals surface area contributed by atoms with Crippen molar-refractivity contribution in [3.05, 3.63) is 182 Å². The fraction of sp³-hybridized carbons (Fsp3) is 0.308. The van der Waals surface area contributed by atoms with Crippen molar-refractivity contribution in [2.24, 2.45) is 0 Å². The second kappa shape index (κ2) is 31.9. The van der Waals surface area contributed by atoms with Crippen molar-refractivity contribution < 1.29 is 18.9 Å².